The summed E-state index contributed by atoms with van der Waals surface area (Å²) in [7, 11) is 0. The minimum Gasteiger partial charge on any atom is -0.299 e. The minimum atomic E-state index is -0.0308. The predicted molar refractivity (Wildman–Crippen MR) is 126 cm³/mol. The monoisotopic (exact) mass is 450 g/mol. The molecule has 0 spiro atoms. The first-order valence-corrected chi connectivity index (χ1v) is 13.6. The number of aromatic nitrogens is 4. The van der Waals surface area contributed by atoms with Crippen molar-refractivity contribution in [3.63, 3.8) is 0 Å². The Bertz CT molecular complexity index is 952. The third kappa shape index (κ3) is 3.63. The molecule has 5 saturated carbocycles. The van der Waals surface area contributed by atoms with Gasteiger partial charge in [0.25, 0.3) is 0 Å². The smallest absolute Gasteiger partial charge is 0.192 e. The summed E-state index contributed by atoms with van der Waals surface area (Å²) in [5.41, 5.74) is 0.980. The van der Waals surface area contributed by atoms with E-state index >= 15 is 0 Å². The number of carbonyl (C=O) groups excluding carboxylic acids is 1. The molecule has 0 saturated heterocycles. The first-order valence-electron chi connectivity index (χ1n) is 12.6. The van der Waals surface area contributed by atoms with Crippen LogP contribution in [0.4, 0.5) is 0 Å². The standard InChI is InChI=1S/C26H34N4OS/c1-17-5-2-3-7-22(17)30-24(21-6-4-8-27-15-21)28-29-25(30)32-16-23(31)26-12-18-9-19(13-26)11-20(10-18)14-26/h4,6,8,15,17-20,22H,2-3,5,7,9-14,16H2,1H3/t17-,18?,19?,20?,22-,26?/m1/s1. The second kappa shape index (κ2) is 8.27. The molecule has 32 heavy (non-hydrogen) atoms. The molecular weight excluding hydrogens is 416 g/mol. The van der Waals surface area contributed by atoms with Gasteiger partial charge in [-0.3, -0.25) is 14.3 Å². The third-order valence-electron chi connectivity index (χ3n) is 8.94. The summed E-state index contributed by atoms with van der Waals surface area (Å²) in [5.74, 6) is 4.93. The molecule has 7 rings (SSSR count). The van der Waals surface area contributed by atoms with Gasteiger partial charge < -0.3 is 0 Å². The van der Waals surface area contributed by atoms with Crippen molar-refractivity contribution in [3.05, 3.63) is 24.5 Å². The second-order valence-electron chi connectivity index (χ2n) is 11.2. The summed E-state index contributed by atoms with van der Waals surface area (Å²) < 4.78 is 2.35. The van der Waals surface area contributed by atoms with Gasteiger partial charge in [0.05, 0.1) is 5.75 Å². The molecule has 5 nitrogen and oxygen atoms in total. The van der Waals surface area contributed by atoms with Gasteiger partial charge in [-0.15, -0.1) is 10.2 Å². The van der Waals surface area contributed by atoms with Crippen molar-refractivity contribution < 1.29 is 4.79 Å². The minimum absolute atomic E-state index is 0.0308. The van der Waals surface area contributed by atoms with Gasteiger partial charge in [-0.05, 0) is 87.2 Å². The van der Waals surface area contributed by atoms with Crippen molar-refractivity contribution >= 4 is 17.5 Å². The van der Waals surface area contributed by atoms with Crippen LogP contribution in [0.5, 0.6) is 0 Å². The highest BCUT2D eigenvalue weighted by Gasteiger charge is 2.54. The van der Waals surface area contributed by atoms with Crippen molar-refractivity contribution in [1.82, 2.24) is 19.7 Å². The van der Waals surface area contributed by atoms with E-state index in [-0.39, 0.29) is 5.41 Å². The van der Waals surface area contributed by atoms with Crippen LogP contribution < -0.4 is 0 Å². The van der Waals surface area contributed by atoms with E-state index in [1.54, 1.807) is 18.0 Å². The lowest BCUT2D eigenvalue weighted by atomic mass is 9.48. The van der Waals surface area contributed by atoms with Crippen molar-refractivity contribution in [2.24, 2.45) is 29.1 Å². The van der Waals surface area contributed by atoms with E-state index in [2.05, 4.69) is 32.7 Å². The Hall–Kier alpha value is -1.69. The van der Waals surface area contributed by atoms with Crippen LogP contribution in [-0.2, 0) is 4.79 Å². The number of pyridine rings is 1. The zero-order valence-corrected chi connectivity index (χ0v) is 19.9. The second-order valence-corrected chi connectivity index (χ2v) is 12.1. The van der Waals surface area contributed by atoms with Crippen LogP contribution in [0.2, 0.25) is 0 Å². The fourth-order valence-electron chi connectivity index (χ4n) is 7.78. The summed E-state index contributed by atoms with van der Waals surface area (Å²) >= 11 is 1.63. The predicted octanol–water partition coefficient (Wildman–Crippen LogP) is 5.97. The van der Waals surface area contributed by atoms with Crippen molar-refractivity contribution in [1.29, 1.82) is 0 Å². The lowest BCUT2D eigenvalue weighted by Crippen LogP contribution is -2.50. The Balaban J connectivity index is 1.26. The van der Waals surface area contributed by atoms with E-state index in [0.717, 1.165) is 60.0 Å². The molecule has 5 aliphatic carbocycles. The molecule has 5 aliphatic rings. The van der Waals surface area contributed by atoms with Crippen LogP contribution >= 0.6 is 11.8 Å². The highest BCUT2D eigenvalue weighted by atomic mass is 32.2. The zero-order chi connectivity index (χ0) is 21.7. The van der Waals surface area contributed by atoms with Gasteiger partial charge >= 0.3 is 0 Å². The maximum atomic E-state index is 13.6. The Morgan fingerprint density at radius 3 is 2.47 bits per heavy atom. The van der Waals surface area contributed by atoms with Gasteiger partial charge in [-0.2, -0.15) is 0 Å². The maximum Gasteiger partial charge on any atom is 0.192 e. The van der Waals surface area contributed by atoms with Crippen LogP contribution in [0.15, 0.2) is 29.7 Å². The van der Waals surface area contributed by atoms with E-state index < -0.39 is 0 Å². The average Bonchev–Trinajstić information content (AvgIpc) is 3.21. The number of ketones is 1. The summed E-state index contributed by atoms with van der Waals surface area (Å²) in [6, 6.07) is 4.42. The number of nitrogens with zero attached hydrogens (tertiary/aromatic N) is 4. The third-order valence-corrected chi connectivity index (χ3v) is 9.89. The Morgan fingerprint density at radius 1 is 1.09 bits per heavy atom. The Kier molecular flexibility index (Phi) is 5.39. The van der Waals surface area contributed by atoms with Gasteiger partial charge in [0.2, 0.25) is 0 Å². The Labute approximate surface area is 195 Å². The van der Waals surface area contributed by atoms with Crippen LogP contribution in [-0.4, -0.2) is 31.3 Å². The van der Waals surface area contributed by atoms with Crippen LogP contribution in [0.25, 0.3) is 11.4 Å². The molecular formula is C26H34N4OS. The lowest BCUT2D eigenvalue weighted by molar-refractivity contribution is -0.141. The SMILES string of the molecule is C[C@@H]1CCCC[C@H]1n1c(SCC(=O)C23CC4CC(CC(C4)C2)C3)nnc1-c1cccnc1. The van der Waals surface area contributed by atoms with Crippen molar-refractivity contribution in [2.75, 3.05) is 5.75 Å². The normalized spacial score (nSPS) is 35.8. The molecule has 0 N–H and O–H groups in total. The van der Waals surface area contributed by atoms with Crippen LogP contribution in [0, 0.1) is 29.1 Å². The molecule has 0 amide bonds. The maximum absolute atomic E-state index is 13.6. The summed E-state index contributed by atoms with van der Waals surface area (Å²) in [6.45, 7) is 2.35. The molecule has 2 aromatic heterocycles. The largest absolute Gasteiger partial charge is 0.299 e. The van der Waals surface area contributed by atoms with Gasteiger partial charge in [0, 0.05) is 29.4 Å². The highest BCUT2D eigenvalue weighted by Crippen LogP contribution is 2.60. The first kappa shape index (κ1) is 20.9. The van der Waals surface area contributed by atoms with E-state index in [9.17, 15) is 4.79 Å². The van der Waals surface area contributed by atoms with Crippen molar-refractivity contribution in [2.45, 2.75) is 82.3 Å². The summed E-state index contributed by atoms with van der Waals surface area (Å²) in [5, 5.41) is 10.1. The van der Waals surface area contributed by atoms with E-state index in [4.69, 9.17) is 0 Å². The summed E-state index contributed by atoms with van der Waals surface area (Å²) in [6.07, 6.45) is 16.2. The molecule has 2 heterocycles. The fourth-order valence-corrected chi connectivity index (χ4v) is 8.81. The molecule has 170 valence electrons. The molecule has 0 aromatic carbocycles. The number of rotatable bonds is 6. The molecule has 4 bridgehead atoms. The first-order chi connectivity index (χ1) is 15.6. The van der Waals surface area contributed by atoms with E-state index in [0.29, 0.717) is 23.5 Å². The number of thioether (sulfide) groups is 1. The average molecular weight is 451 g/mol. The number of hydrogen-bond acceptors (Lipinski definition) is 5. The zero-order valence-electron chi connectivity index (χ0n) is 19.1. The van der Waals surface area contributed by atoms with Gasteiger partial charge in [0.1, 0.15) is 5.78 Å². The molecule has 0 unspecified atom stereocenters. The molecule has 6 heteroatoms. The lowest BCUT2D eigenvalue weighted by Gasteiger charge is -2.56. The van der Waals surface area contributed by atoms with Crippen molar-refractivity contribution in [3.8, 4) is 11.4 Å². The fraction of sp³-hybridized carbons (Fsp3) is 0.692. The van der Waals surface area contributed by atoms with E-state index in [1.807, 2.05) is 12.3 Å². The molecule has 2 aromatic rings. The van der Waals surface area contributed by atoms with Crippen LogP contribution in [0.1, 0.15) is 77.2 Å². The quantitative estimate of drug-likeness (QED) is 0.508. The molecule has 2 atom stereocenters. The number of carbonyl (C=O) groups is 1. The molecule has 0 radical (unpaired) electrons. The van der Waals surface area contributed by atoms with Crippen LogP contribution in [0.3, 0.4) is 0 Å². The molecule has 5 fully saturated rings. The van der Waals surface area contributed by atoms with Gasteiger partial charge in [-0.1, -0.05) is 31.5 Å². The van der Waals surface area contributed by atoms with E-state index in [1.165, 1.54) is 38.5 Å². The topological polar surface area (TPSA) is 60.7 Å². The number of Topliss-reactive ketones (excluding diaryl/α,β-unsaturated/α-hetero) is 1. The van der Waals surface area contributed by atoms with Gasteiger partial charge in [0.15, 0.2) is 11.0 Å². The number of hydrogen-bond donors (Lipinski definition) is 0. The summed E-state index contributed by atoms with van der Waals surface area (Å²) in [4.78, 5) is 17.9. The molecule has 0 aliphatic heterocycles. The Morgan fingerprint density at radius 2 is 1.81 bits per heavy atom. The van der Waals surface area contributed by atoms with Gasteiger partial charge in [-0.25, -0.2) is 0 Å². The highest BCUT2D eigenvalue weighted by molar-refractivity contribution is 7.99.